The highest BCUT2D eigenvalue weighted by molar-refractivity contribution is 7.92. The number of rotatable bonds is 6. The first-order valence-corrected chi connectivity index (χ1v) is 9.70. The van der Waals surface area contributed by atoms with E-state index in [-0.39, 0.29) is 10.5 Å². The van der Waals surface area contributed by atoms with E-state index in [2.05, 4.69) is 10.0 Å². The lowest BCUT2D eigenvalue weighted by atomic mass is 10.2. The van der Waals surface area contributed by atoms with Crippen molar-refractivity contribution >= 4 is 27.3 Å². The Morgan fingerprint density at radius 2 is 1.50 bits per heavy atom. The fraction of sp³-hybridized carbons (Fsp3) is 0.0500. The van der Waals surface area contributed by atoms with Gasteiger partial charge in [0.05, 0.1) is 17.6 Å². The highest BCUT2D eigenvalue weighted by atomic mass is 32.2. The quantitative estimate of drug-likeness (QED) is 0.658. The Morgan fingerprint density at radius 3 is 2.11 bits per heavy atom. The van der Waals surface area contributed by atoms with Crippen molar-refractivity contribution in [2.24, 2.45) is 0 Å². The molecule has 144 valence electrons. The second-order valence-electron chi connectivity index (χ2n) is 5.79. The van der Waals surface area contributed by atoms with Crippen molar-refractivity contribution in [3.05, 3.63) is 84.2 Å². The lowest BCUT2D eigenvalue weighted by molar-refractivity contribution is 0.102. The van der Waals surface area contributed by atoms with Gasteiger partial charge in [-0.3, -0.25) is 9.52 Å². The van der Waals surface area contributed by atoms with Crippen LogP contribution in [0.3, 0.4) is 0 Å². The molecule has 0 saturated heterocycles. The van der Waals surface area contributed by atoms with Crippen molar-refractivity contribution < 1.29 is 22.3 Å². The molecule has 3 rings (SSSR count). The molecular formula is C20H17FN2O4S. The molecule has 0 unspecified atom stereocenters. The first-order chi connectivity index (χ1) is 13.4. The second-order valence-corrected chi connectivity index (χ2v) is 7.47. The van der Waals surface area contributed by atoms with Crippen molar-refractivity contribution in [1.29, 1.82) is 0 Å². The number of anilines is 2. The molecule has 0 saturated carbocycles. The van der Waals surface area contributed by atoms with Crippen molar-refractivity contribution in [2.45, 2.75) is 4.90 Å². The lowest BCUT2D eigenvalue weighted by Gasteiger charge is -2.10. The minimum Gasteiger partial charge on any atom is -0.497 e. The number of hydrogen-bond acceptors (Lipinski definition) is 4. The van der Waals surface area contributed by atoms with Crippen LogP contribution in [0.2, 0.25) is 0 Å². The van der Waals surface area contributed by atoms with E-state index in [9.17, 15) is 17.6 Å². The molecule has 0 aliphatic rings. The number of carbonyl (C=O) groups excluding carboxylic acids is 1. The number of methoxy groups -OCH3 is 1. The monoisotopic (exact) mass is 400 g/mol. The van der Waals surface area contributed by atoms with Crippen molar-refractivity contribution in [3.8, 4) is 5.75 Å². The summed E-state index contributed by atoms with van der Waals surface area (Å²) >= 11 is 0. The van der Waals surface area contributed by atoms with Crippen LogP contribution in [-0.2, 0) is 10.0 Å². The van der Waals surface area contributed by atoms with Gasteiger partial charge in [-0.05, 0) is 60.7 Å². The molecule has 8 heteroatoms. The summed E-state index contributed by atoms with van der Waals surface area (Å²) in [6.45, 7) is 0. The average Bonchev–Trinajstić information content (AvgIpc) is 2.69. The van der Waals surface area contributed by atoms with Crippen LogP contribution in [0.25, 0.3) is 0 Å². The third-order valence-electron chi connectivity index (χ3n) is 3.88. The SMILES string of the molecule is COc1ccc(NS(=O)(=O)c2ccc(NC(=O)c3ccccc3F)cc2)cc1. The Balaban J connectivity index is 1.72. The zero-order valence-electron chi connectivity index (χ0n) is 14.8. The molecule has 0 heterocycles. The minimum atomic E-state index is -3.80. The highest BCUT2D eigenvalue weighted by Crippen LogP contribution is 2.21. The molecule has 28 heavy (non-hydrogen) atoms. The van der Waals surface area contributed by atoms with Gasteiger partial charge in [0, 0.05) is 11.4 Å². The topological polar surface area (TPSA) is 84.5 Å². The Kier molecular flexibility index (Phi) is 5.60. The molecule has 2 N–H and O–H groups in total. The lowest BCUT2D eigenvalue weighted by Crippen LogP contribution is -2.15. The summed E-state index contributed by atoms with van der Waals surface area (Å²) < 4.78 is 46.1. The van der Waals surface area contributed by atoms with Crippen LogP contribution < -0.4 is 14.8 Å². The van der Waals surface area contributed by atoms with Crippen LogP contribution in [0, 0.1) is 5.82 Å². The molecule has 0 aliphatic carbocycles. The zero-order valence-corrected chi connectivity index (χ0v) is 15.7. The van der Waals surface area contributed by atoms with Gasteiger partial charge in [0.1, 0.15) is 11.6 Å². The van der Waals surface area contributed by atoms with Crippen LogP contribution in [0.4, 0.5) is 15.8 Å². The van der Waals surface area contributed by atoms with Gasteiger partial charge in [-0.1, -0.05) is 12.1 Å². The summed E-state index contributed by atoms with van der Waals surface area (Å²) in [4.78, 5) is 12.1. The van der Waals surface area contributed by atoms with Crippen LogP contribution >= 0.6 is 0 Å². The van der Waals surface area contributed by atoms with Gasteiger partial charge in [0.25, 0.3) is 15.9 Å². The van der Waals surface area contributed by atoms with Crippen molar-refractivity contribution in [2.75, 3.05) is 17.1 Å². The van der Waals surface area contributed by atoms with Gasteiger partial charge in [-0.2, -0.15) is 0 Å². The smallest absolute Gasteiger partial charge is 0.261 e. The van der Waals surface area contributed by atoms with E-state index in [0.29, 0.717) is 17.1 Å². The summed E-state index contributed by atoms with van der Waals surface area (Å²) in [5, 5.41) is 2.53. The largest absolute Gasteiger partial charge is 0.497 e. The zero-order chi connectivity index (χ0) is 20.1. The molecule has 6 nitrogen and oxygen atoms in total. The molecular weight excluding hydrogens is 383 g/mol. The Labute approximate surface area is 162 Å². The third-order valence-corrected chi connectivity index (χ3v) is 5.28. The highest BCUT2D eigenvalue weighted by Gasteiger charge is 2.15. The van der Waals surface area contributed by atoms with Crippen LogP contribution in [0.15, 0.2) is 77.7 Å². The first kappa shape index (κ1) is 19.4. The fourth-order valence-electron chi connectivity index (χ4n) is 2.43. The van der Waals surface area contributed by atoms with E-state index in [1.165, 1.54) is 49.6 Å². The molecule has 0 aliphatic heterocycles. The number of benzene rings is 3. The van der Waals surface area contributed by atoms with Crippen molar-refractivity contribution in [1.82, 2.24) is 0 Å². The molecule has 0 radical (unpaired) electrons. The Bertz CT molecular complexity index is 1080. The van der Waals surface area contributed by atoms with E-state index < -0.39 is 21.7 Å². The summed E-state index contributed by atoms with van der Waals surface area (Å²) in [6.07, 6.45) is 0. The van der Waals surface area contributed by atoms with Gasteiger partial charge in [0.15, 0.2) is 0 Å². The molecule has 0 atom stereocenters. The predicted octanol–water partition coefficient (Wildman–Crippen LogP) is 3.89. The summed E-state index contributed by atoms with van der Waals surface area (Å²) in [5.74, 6) is -0.647. The van der Waals surface area contributed by atoms with Crippen LogP contribution in [0.1, 0.15) is 10.4 Å². The summed E-state index contributed by atoms with van der Waals surface area (Å²) in [6, 6.07) is 17.6. The molecule has 1 amide bonds. The number of amides is 1. The minimum absolute atomic E-state index is 0.0206. The summed E-state index contributed by atoms with van der Waals surface area (Å²) in [7, 11) is -2.28. The van der Waals surface area contributed by atoms with Gasteiger partial charge < -0.3 is 10.1 Å². The normalized spacial score (nSPS) is 10.9. The van der Waals surface area contributed by atoms with Crippen LogP contribution in [0.5, 0.6) is 5.75 Å². The standard InChI is InChI=1S/C20H17FN2O4S/c1-27-16-10-6-15(7-11-16)23-28(25,26)17-12-8-14(9-13-17)22-20(24)18-4-2-3-5-19(18)21/h2-13,23H,1H3,(H,22,24). The van der Waals surface area contributed by atoms with E-state index in [4.69, 9.17) is 4.74 Å². The second kappa shape index (κ2) is 8.10. The third kappa shape index (κ3) is 4.47. The average molecular weight is 400 g/mol. The maximum atomic E-state index is 13.7. The molecule has 3 aromatic carbocycles. The maximum absolute atomic E-state index is 13.7. The Morgan fingerprint density at radius 1 is 0.893 bits per heavy atom. The van der Waals surface area contributed by atoms with Crippen LogP contribution in [-0.4, -0.2) is 21.4 Å². The number of halogens is 1. The van der Waals surface area contributed by atoms with E-state index >= 15 is 0 Å². The first-order valence-electron chi connectivity index (χ1n) is 8.22. The molecule has 3 aromatic rings. The molecule has 0 aromatic heterocycles. The van der Waals surface area contributed by atoms with E-state index in [1.54, 1.807) is 30.3 Å². The van der Waals surface area contributed by atoms with Gasteiger partial charge in [0.2, 0.25) is 0 Å². The number of nitrogens with one attached hydrogen (secondary N) is 2. The van der Waals surface area contributed by atoms with Crippen molar-refractivity contribution in [3.63, 3.8) is 0 Å². The maximum Gasteiger partial charge on any atom is 0.261 e. The Hall–Kier alpha value is -3.39. The van der Waals surface area contributed by atoms with Gasteiger partial charge >= 0.3 is 0 Å². The van der Waals surface area contributed by atoms with Gasteiger partial charge in [-0.25, -0.2) is 12.8 Å². The fourth-order valence-corrected chi connectivity index (χ4v) is 3.49. The van der Waals surface area contributed by atoms with E-state index in [0.717, 1.165) is 0 Å². The molecule has 0 fully saturated rings. The number of carbonyl (C=O) groups is 1. The predicted molar refractivity (Wildman–Crippen MR) is 105 cm³/mol. The number of sulfonamides is 1. The summed E-state index contributed by atoms with van der Waals surface area (Å²) in [5.41, 5.74) is 0.634. The molecule has 0 bridgehead atoms. The van der Waals surface area contributed by atoms with E-state index in [1.807, 2.05) is 0 Å². The number of ether oxygens (including phenoxy) is 1. The molecule has 0 spiro atoms. The van der Waals surface area contributed by atoms with Gasteiger partial charge in [-0.15, -0.1) is 0 Å². The number of hydrogen-bond donors (Lipinski definition) is 2.